The number of amides is 1. The molecule has 0 aliphatic carbocycles. The molecule has 0 spiro atoms. The molecular weight excluding hydrogens is 194 g/mol. The third-order valence-electron chi connectivity index (χ3n) is 2.50. The number of carboxylic acid groups (broad SMARTS) is 1. The first-order chi connectivity index (χ1) is 6.93. The van der Waals surface area contributed by atoms with E-state index in [2.05, 4.69) is 0 Å². The number of carbonyl (C=O) groups is 1. The van der Waals surface area contributed by atoms with E-state index in [0.29, 0.717) is 0 Å². The summed E-state index contributed by atoms with van der Waals surface area (Å²) in [6, 6.07) is -0.197. The van der Waals surface area contributed by atoms with Gasteiger partial charge in [-0.3, -0.25) is 4.90 Å². The number of nitrogens with zero attached hydrogens (tertiary/aromatic N) is 1. The molecule has 1 aliphatic heterocycles. The van der Waals surface area contributed by atoms with E-state index in [1.807, 2.05) is 19.9 Å². The molecule has 1 amide bonds. The van der Waals surface area contributed by atoms with Crippen LogP contribution in [0.2, 0.25) is 0 Å². The molecule has 1 rings (SSSR count). The fourth-order valence-electron chi connectivity index (χ4n) is 1.58. The van der Waals surface area contributed by atoms with Gasteiger partial charge in [-0.25, -0.2) is 4.79 Å². The van der Waals surface area contributed by atoms with Gasteiger partial charge in [0.2, 0.25) is 0 Å². The third kappa shape index (κ3) is 2.59. The fraction of sp³-hybridized carbons (Fsp3) is 0.545. The van der Waals surface area contributed by atoms with Crippen molar-refractivity contribution in [2.24, 2.45) is 5.92 Å². The van der Waals surface area contributed by atoms with E-state index in [9.17, 15) is 9.90 Å². The van der Waals surface area contributed by atoms with Crippen LogP contribution in [0.25, 0.3) is 0 Å². The van der Waals surface area contributed by atoms with Gasteiger partial charge in [-0.1, -0.05) is 19.9 Å². The van der Waals surface area contributed by atoms with Gasteiger partial charge < -0.3 is 10.2 Å². The van der Waals surface area contributed by atoms with Crippen molar-refractivity contribution in [3.8, 4) is 0 Å². The third-order valence-corrected chi connectivity index (χ3v) is 2.50. The van der Waals surface area contributed by atoms with E-state index in [1.54, 1.807) is 13.0 Å². The Hall–Kier alpha value is -1.29. The molecule has 2 atom stereocenters. The van der Waals surface area contributed by atoms with E-state index in [1.165, 1.54) is 11.1 Å². The minimum absolute atomic E-state index is 0.180. The van der Waals surface area contributed by atoms with Gasteiger partial charge in [-0.2, -0.15) is 0 Å². The zero-order chi connectivity index (χ0) is 11.6. The van der Waals surface area contributed by atoms with Crippen molar-refractivity contribution >= 4 is 6.09 Å². The van der Waals surface area contributed by atoms with E-state index < -0.39 is 12.2 Å². The highest BCUT2D eigenvalue weighted by atomic mass is 16.4. The number of hydrogen-bond acceptors (Lipinski definition) is 2. The average molecular weight is 211 g/mol. The lowest BCUT2D eigenvalue weighted by atomic mass is 9.96. The highest BCUT2D eigenvalue weighted by molar-refractivity contribution is 5.68. The molecule has 0 fully saturated rings. The Morgan fingerprint density at radius 3 is 2.47 bits per heavy atom. The smallest absolute Gasteiger partial charge is 0.411 e. The molecule has 0 radical (unpaired) electrons. The Morgan fingerprint density at radius 1 is 1.47 bits per heavy atom. The molecule has 0 bridgehead atoms. The first-order valence-corrected chi connectivity index (χ1v) is 5.02. The zero-order valence-electron chi connectivity index (χ0n) is 9.21. The van der Waals surface area contributed by atoms with E-state index >= 15 is 0 Å². The second-order valence-corrected chi connectivity index (χ2v) is 4.08. The first-order valence-electron chi connectivity index (χ1n) is 5.02. The highest BCUT2D eigenvalue weighted by Gasteiger charge is 2.26. The van der Waals surface area contributed by atoms with Crippen molar-refractivity contribution in [3.05, 3.63) is 23.9 Å². The Morgan fingerprint density at radius 2 is 2.07 bits per heavy atom. The van der Waals surface area contributed by atoms with Crippen molar-refractivity contribution in [1.82, 2.24) is 4.90 Å². The number of aliphatic hydroxyl groups is 1. The number of hydrogen-bond donors (Lipinski definition) is 2. The Labute approximate surface area is 89.5 Å². The minimum Gasteiger partial charge on any atom is -0.465 e. The first kappa shape index (κ1) is 11.8. The summed E-state index contributed by atoms with van der Waals surface area (Å²) in [7, 11) is 0. The lowest BCUT2D eigenvalue weighted by Crippen LogP contribution is -2.39. The van der Waals surface area contributed by atoms with Crippen molar-refractivity contribution in [1.29, 1.82) is 0 Å². The SMILES string of the molecule is CC(O)C1=CC(C(C)C)N(C(=O)O)C=C1. The van der Waals surface area contributed by atoms with Crippen LogP contribution in [-0.2, 0) is 0 Å². The van der Waals surface area contributed by atoms with E-state index in [-0.39, 0.29) is 12.0 Å². The Balaban J connectivity index is 2.94. The summed E-state index contributed by atoms with van der Waals surface area (Å²) >= 11 is 0. The molecule has 0 aromatic rings. The highest BCUT2D eigenvalue weighted by Crippen LogP contribution is 2.21. The van der Waals surface area contributed by atoms with Crippen LogP contribution in [0.15, 0.2) is 23.9 Å². The molecule has 4 heteroatoms. The van der Waals surface area contributed by atoms with Crippen LogP contribution in [0.5, 0.6) is 0 Å². The summed E-state index contributed by atoms with van der Waals surface area (Å²) < 4.78 is 0. The van der Waals surface area contributed by atoms with Gasteiger partial charge in [0.15, 0.2) is 0 Å². The normalized spacial score (nSPS) is 22.9. The summed E-state index contributed by atoms with van der Waals surface area (Å²) in [5, 5.41) is 18.4. The molecule has 1 heterocycles. The van der Waals surface area contributed by atoms with Gasteiger partial charge >= 0.3 is 6.09 Å². The number of rotatable bonds is 2. The second-order valence-electron chi connectivity index (χ2n) is 4.08. The maximum absolute atomic E-state index is 10.9. The van der Waals surface area contributed by atoms with Gasteiger partial charge in [0.05, 0.1) is 12.1 Å². The van der Waals surface area contributed by atoms with Crippen LogP contribution < -0.4 is 0 Å². The molecule has 0 aromatic carbocycles. The van der Waals surface area contributed by atoms with E-state index in [0.717, 1.165) is 5.57 Å². The second kappa shape index (κ2) is 4.49. The van der Waals surface area contributed by atoms with Crippen LogP contribution in [0.3, 0.4) is 0 Å². The van der Waals surface area contributed by atoms with Gasteiger partial charge in [-0.15, -0.1) is 0 Å². The molecule has 1 aliphatic rings. The van der Waals surface area contributed by atoms with Gasteiger partial charge in [0.25, 0.3) is 0 Å². The molecule has 0 saturated carbocycles. The molecule has 2 N–H and O–H groups in total. The average Bonchev–Trinajstić information content (AvgIpc) is 2.16. The summed E-state index contributed by atoms with van der Waals surface area (Å²) in [4.78, 5) is 12.2. The molecular formula is C11H17NO3. The molecule has 84 valence electrons. The van der Waals surface area contributed by atoms with Crippen LogP contribution >= 0.6 is 0 Å². The fourth-order valence-corrected chi connectivity index (χ4v) is 1.58. The molecule has 15 heavy (non-hydrogen) atoms. The van der Waals surface area contributed by atoms with Gasteiger partial charge in [0.1, 0.15) is 0 Å². The largest absolute Gasteiger partial charge is 0.465 e. The standard InChI is InChI=1S/C11H17NO3/c1-7(2)10-6-9(8(3)13)4-5-12(10)11(14)15/h4-8,10,13H,1-3H3,(H,14,15). The maximum Gasteiger partial charge on any atom is 0.411 e. The summed E-state index contributed by atoms with van der Waals surface area (Å²) in [6.45, 7) is 5.58. The zero-order valence-corrected chi connectivity index (χ0v) is 9.21. The lowest BCUT2D eigenvalue weighted by Gasteiger charge is -2.31. The lowest BCUT2D eigenvalue weighted by molar-refractivity contribution is 0.144. The van der Waals surface area contributed by atoms with Crippen molar-refractivity contribution in [3.63, 3.8) is 0 Å². The topological polar surface area (TPSA) is 60.8 Å². The molecule has 0 saturated heterocycles. The van der Waals surface area contributed by atoms with Crippen molar-refractivity contribution < 1.29 is 15.0 Å². The Bertz CT molecular complexity index is 305. The van der Waals surface area contributed by atoms with Crippen LogP contribution in [0, 0.1) is 5.92 Å². The van der Waals surface area contributed by atoms with Crippen LogP contribution in [0.1, 0.15) is 20.8 Å². The quantitative estimate of drug-likeness (QED) is 0.732. The summed E-state index contributed by atoms with van der Waals surface area (Å²) in [5.41, 5.74) is 0.770. The minimum atomic E-state index is -0.967. The summed E-state index contributed by atoms with van der Waals surface area (Å²) in [6.07, 6.45) is 3.43. The van der Waals surface area contributed by atoms with Crippen molar-refractivity contribution in [2.45, 2.75) is 32.9 Å². The predicted octanol–water partition coefficient (Wildman–Crippen LogP) is 1.83. The number of aliphatic hydroxyl groups excluding tert-OH is 1. The molecule has 0 aromatic heterocycles. The molecule has 2 unspecified atom stereocenters. The maximum atomic E-state index is 10.9. The van der Waals surface area contributed by atoms with Crippen molar-refractivity contribution in [2.75, 3.05) is 0 Å². The Kier molecular flexibility index (Phi) is 3.52. The monoisotopic (exact) mass is 211 g/mol. The molecule has 4 nitrogen and oxygen atoms in total. The van der Waals surface area contributed by atoms with Crippen LogP contribution in [0.4, 0.5) is 4.79 Å². The van der Waals surface area contributed by atoms with E-state index in [4.69, 9.17) is 5.11 Å². The van der Waals surface area contributed by atoms with Gasteiger partial charge in [0, 0.05) is 6.20 Å². The summed E-state index contributed by atoms with van der Waals surface area (Å²) in [5.74, 6) is 0.180. The van der Waals surface area contributed by atoms with Gasteiger partial charge in [-0.05, 0) is 24.5 Å². The van der Waals surface area contributed by atoms with Crippen LogP contribution in [-0.4, -0.2) is 33.4 Å². The predicted molar refractivity (Wildman–Crippen MR) is 57.4 cm³/mol.